The Labute approximate surface area is 130 Å². The predicted octanol–water partition coefficient (Wildman–Crippen LogP) is 5.26. The van der Waals surface area contributed by atoms with Crippen LogP contribution in [-0.2, 0) is 0 Å². The number of ether oxygens (including phenoxy) is 1. The Bertz CT molecular complexity index is 649. The molecule has 20 heavy (non-hydrogen) atoms. The number of hydrogen-bond acceptors (Lipinski definition) is 3. The van der Waals surface area contributed by atoms with Crippen molar-refractivity contribution in [1.82, 2.24) is 9.97 Å². The molecule has 2 rings (SSSR count). The van der Waals surface area contributed by atoms with Crippen molar-refractivity contribution in [3.63, 3.8) is 0 Å². The standard InChI is InChI=1S/C14H13BrClFN2O/c1-7(2)13-18-12(16)8(3)14(19-13)20-11-6-9(15)4-5-10(11)17/h4-7H,1-3H3. The van der Waals surface area contributed by atoms with Crippen molar-refractivity contribution in [2.24, 2.45) is 0 Å². The monoisotopic (exact) mass is 358 g/mol. The first-order chi connectivity index (χ1) is 9.38. The Morgan fingerprint density at radius 3 is 2.65 bits per heavy atom. The molecule has 0 bridgehead atoms. The molecule has 0 saturated heterocycles. The third kappa shape index (κ3) is 3.27. The lowest BCUT2D eigenvalue weighted by atomic mass is 10.2. The number of nitrogens with zero attached hydrogens (tertiary/aromatic N) is 2. The van der Waals surface area contributed by atoms with Crippen LogP contribution in [0, 0.1) is 12.7 Å². The fraction of sp³-hybridized carbons (Fsp3) is 0.286. The zero-order valence-corrected chi connectivity index (χ0v) is 13.6. The average Bonchev–Trinajstić information content (AvgIpc) is 2.38. The highest BCUT2D eigenvalue weighted by Crippen LogP contribution is 2.31. The van der Waals surface area contributed by atoms with Gasteiger partial charge in [-0.25, -0.2) is 9.37 Å². The van der Waals surface area contributed by atoms with Gasteiger partial charge in [0.2, 0.25) is 5.88 Å². The van der Waals surface area contributed by atoms with Crippen LogP contribution in [0.4, 0.5) is 4.39 Å². The quantitative estimate of drug-likeness (QED) is 0.702. The molecule has 0 aliphatic heterocycles. The summed E-state index contributed by atoms with van der Waals surface area (Å²) in [7, 11) is 0. The minimum absolute atomic E-state index is 0.0898. The van der Waals surface area contributed by atoms with Crippen molar-refractivity contribution in [2.75, 3.05) is 0 Å². The van der Waals surface area contributed by atoms with Gasteiger partial charge in [-0.1, -0.05) is 41.4 Å². The molecule has 0 N–H and O–H groups in total. The van der Waals surface area contributed by atoms with E-state index in [-0.39, 0.29) is 17.5 Å². The number of halogens is 3. The molecule has 6 heteroatoms. The van der Waals surface area contributed by atoms with Crippen molar-refractivity contribution in [3.8, 4) is 11.6 Å². The molecule has 1 aromatic carbocycles. The lowest BCUT2D eigenvalue weighted by Gasteiger charge is -2.12. The zero-order valence-electron chi connectivity index (χ0n) is 11.2. The van der Waals surface area contributed by atoms with E-state index in [0.29, 0.717) is 16.5 Å². The van der Waals surface area contributed by atoms with E-state index in [1.807, 2.05) is 13.8 Å². The highest BCUT2D eigenvalue weighted by molar-refractivity contribution is 9.10. The van der Waals surface area contributed by atoms with Crippen LogP contribution in [0.2, 0.25) is 5.15 Å². The first-order valence-electron chi connectivity index (χ1n) is 6.05. The number of benzene rings is 1. The normalized spacial score (nSPS) is 10.9. The molecule has 3 nitrogen and oxygen atoms in total. The molecule has 1 aromatic heterocycles. The van der Waals surface area contributed by atoms with Gasteiger partial charge in [0.05, 0.1) is 0 Å². The van der Waals surface area contributed by atoms with E-state index < -0.39 is 5.82 Å². The average molecular weight is 360 g/mol. The van der Waals surface area contributed by atoms with Gasteiger partial charge in [0.15, 0.2) is 11.6 Å². The first kappa shape index (κ1) is 15.2. The third-order valence-electron chi connectivity index (χ3n) is 2.68. The van der Waals surface area contributed by atoms with E-state index in [0.717, 1.165) is 4.47 Å². The van der Waals surface area contributed by atoms with Crippen molar-refractivity contribution >= 4 is 27.5 Å². The van der Waals surface area contributed by atoms with E-state index in [2.05, 4.69) is 25.9 Å². The van der Waals surface area contributed by atoms with Gasteiger partial charge in [-0.15, -0.1) is 0 Å². The fourth-order valence-corrected chi connectivity index (χ4v) is 2.01. The second-order valence-electron chi connectivity index (χ2n) is 4.63. The molecule has 0 fully saturated rings. The molecule has 0 saturated carbocycles. The van der Waals surface area contributed by atoms with Crippen LogP contribution in [0.15, 0.2) is 22.7 Å². The van der Waals surface area contributed by atoms with Gasteiger partial charge >= 0.3 is 0 Å². The van der Waals surface area contributed by atoms with Crippen LogP contribution in [0.25, 0.3) is 0 Å². The predicted molar refractivity (Wildman–Crippen MR) is 80.0 cm³/mol. The van der Waals surface area contributed by atoms with Gasteiger partial charge in [0.1, 0.15) is 11.0 Å². The largest absolute Gasteiger partial charge is 0.435 e. The van der Waals surface area contributed by atoms with Crippen molar-refractivity contribution in [3.05, 3.63) is 45.0 Å². The second kappa shape index (κ2) is 6.06. The molecule has 0 unspecified atom stereocenters. The highest BCUT2D eigenvalue weighted by atomic mass is 79.9. The fourth-order valence-electron chi connectivity index (χ4n) is 1.50. The van der Waals surface area contributed by atoms with E-state index in [9.17, 15) is 4.39 Å². The molecule has 0 amide bonds. The molecule has 0 spiro atoms. The van der Waals surface area contributed by atoms with E-state index in [1.165, 1.54) is 6.07 Å². The summed E-state index contributed by atoms with van der Waals surface area (Å²) in [5, 5.41) is 0.314. The van der Waals surface area contributed by atoms with Gasteiger partial charge in [0.25, 0.3) is 0 Å². The van der Waals surface area contributed by atoms with Crippen molar-refractivity contribution in [2.45, 2.75) is 26.7 Å². The van der Waals surface area contributed by atoms with E-state index in [4.69, 9.17) is 16.3 Å². The second-order valence-corrected chi connectivity index (χ2v) is 5.91. The SMILES string of the molecule is Cc1c(Cl)nc(C(C)C)nc1Oc1cc(Br)ccc1F. The van der Waals surface area contributed by atoms with Gasteiger partial charge in [0, 0.05) is 16.0 Å². The Morgan fingerprint density at radius 2 is 2.00 bits per heavy atom. The lowest BCUT2D eigenvalue weighted by Crippen LogP contribution is -2.03. The third-order valence-corrected chi connectivity index (χ3v) is 3.54. The summed E-state index contributed by atoms with van der Waals surface area (Å²) in [4.78, 5) is 8.48. The molecular formula is C14H13BrClFN2O. The van der Waals surface area contributed by atoms with Crippen molar-refractivity contribution in [1.29, 1.82) is 0 Å². The lowest BCUT2D eigenvalue weighted by molar-refractivity contribution is 0.420. The van der Waals surface area contributed by atoms with E-state index in [1.54, 1.807) is 19.1 Å². The van der Waals surface area contributed by atoms with Crippen LogP contribution >= 0.6 is 27.5 Å². The van der Waals surface area contributed by atoms with E-state index >= 15 is 0 Å². The van der Waals surface area contributed by atoms with Crippen LogP contribution < -0.4 is 4.74 Å². The minimum Gasteiger partial charge on any atom is -0.435 e. The molecule has 0 radical (unpaired) electrons. The molecule has 0 atom stereocenters. The Kier molecular flexibility index (Phi) is 4.60. The molecule has 2 aromatic rings. The summed E-state index contributed by atoms with van der Waals surface area (Å²) in [6.07, 6.45) is 0. The number of hydrogen-bond donors (Lipinski definition) is 0. The highest BCUT2D eigenvalue weighted by Gasteiger charge is 2.15. The summed E-state index contributed by atoms with van der Waals surface area (Å²) in [6.45, 7) is 5.63. The summed E-state index contributed by atoms with van der Waals surface area (Å²) in [5.74, 6) is 0.555. The molecule has 1 heterocycles. The first-order valence-corrected chi connectivity index (χ1v) is 7.22. The van der Waals surface area contributed by atoms with Crippen molar-refractivity contribution < 1.29 is 9.13 Å². The maximum absolute atomic E-state index is 13.7. The Morgan fingerprint density at radius 1 is 1.30 bits per heavy atom. The molecule has 0 aliphatic carbocycles. The Balaban J connectivity index is 2.45. The van der Waals surface area contributed by atoms with Gasteiger partial charge in [-0.2, -0.15) is 4.98 Å². The summed E-state index contributed by atoms with van der Waals surface area (Å²) >= 11 is 9.34. The van der Waals surface area contributed by atoms with Gasteiger partial charge in [-0.3, -0.25) is 0 Å². The summed E-state index contributed by atoms with van der Waals surface area (Å²) < 4.78 is 20.0. The molecular weight excluding hydrogens is 347 g/mol. The van der Waals surface area contributed by atoms with Gasteiger partial charge < -0.3 is 4.74 Å². The molecule has 106 valence electrons. The van der Waals surface area contributed by atoms with Crippen LogP contribution in [0.5, 0.6) is 11.6 Å². The number of rotatable bonds is 3. The maximum atomic E-state index is 13.7. The molecule has 0 aliphatic rings. The summed E-state index contributed by atoms with van der Waals surface area (Å²) in [6, 6.07) is 4.46. The Hall–Kier alpha value is -1.20. The summed E-state index contributed by atoms with van der Waals surface area (Å²) in [5.41, 5.74) is 0.579. The zero-order chi connectivity index (χ0) is 14.9. The topological polar surface area (TPSA) is 35.0 Å². The van der Waals surface area contributed by atoms with Crippen LogP contribution in [0.3, 0.4) is 0 Å². The maximum Gasteiger partial charge on any atom is 0.227 e. The number of aromatic nitrogens is 2. The smallest absolute Gasteiger partial charge is 0.227 e. The van der Waals surface area contributed by atoms with Crippen LogP contribution in [0.1, 0.15) is 31.2 Å². The van der Waals surface area contributed by atoms with Crippen LogP contribution in [-0.4, -0.2) is 9.97 Å². The minimum atomic E-state index is -0.464. The van der Waals surface area contributed by atoms with Gasteiger partial charge in [-0.05, 0) is 25.1 Å².